The zero-order valence-electron chi connectivity index (χ0n) is 14.1. The topological polar surface area (TPSA) is 32.3 Å². The number of ketones is 1. The van der Waals surface area contributed by atoms with Crippen molar-refractivity contribution in [1.29, 1.82) is 0 Å². The Balaban J connectivity index is 1.78. The Morgan fingerprint density at radius 3 is 2.77 bits per heavy atom. The number of carbonyl (C=O) groups is 1. The molecule has 1 fully saturated rings. The number of allylic oxidation sites excluding steroid dienone is 3. The molecule has 2 unspecified atom stereocenters. The summed E-state index contributed by atoms with van der Waals surface area (Å²) in [5, 5.41) is 3.54. The zero-order chi connectivity index (χ0) is 15.5. The summed E-state index contributed by atoms with van der Waals surface area (Å²) in [6.45, 7) is 1.86. The summed E-state index contributed by atoms with van der Waals surface area (Å²) in [6.07, 6.45) is 13.1. The Morgan fingerprint density at radius 2 is 2.05 bits per heavy atom. The van der Waals surface area contributed by atoms with E-state index in [0.29, 0.717) is 24.0 Å². The molecule has 1 N–H and O–H groups in total. The highest BCUT2D eigenvalue weighted by atomic mass is 16.1. The van der Waals surface area contributed by atoms with Gasteiger partial charge in [0, 0.05) is 25.2 Å². The lowest BCUT2D eigenvalue weighted by atomic mass is 9.69. The number of nitrogens with one attached hydrogen (secondary N) is 1. The summed E-state index contributed by atoms with van der Waals surface area (Å²) in [7, 11) is 4.09. The maximum atomic E-state index is 13.0. The molecular formula is C19H30N2O. The molecule has 0 aromatic carbocycles. The van der Waals surface area contributed by atoms with Gasteiger partial charge >= 0.3 is 0 Å². The van der Waals surface area contributed by atoms with Gasteiger partial charge in [0.25, 0.3) is 0 Å². The highest BCUT2D eigenvalue weighted by Crippen LogP contribution is 2.42. The predicted molar refractivity (Wildman–Crippen MR) is 90.5 cm³/mol. The number of hydrogen-bond donors (Lipinski definition) is 1. The molecule has 3 nitrogen and oxygen atoms in total. The molecule has 22 heavy (non-hydrogen) atoms. The van der Waals surface area contributed by atoms with Crippen molar-refractivity contribution in [3.63, 3.8) is 0 Å². The molecule has 1 aliphatic heterocycles. The number of rotatable bonds is 5. The number of hydrogen-bond acceptors (Lipinski definition) is 3. The predicted octanol–water partition coefficient (Wildman–Crippen LogP) is 3.14. The van der Waals surface area contributed by atoms with Gasteiger partial charge in [-0.3, -0.25) is 4.79 Å². The van der Waals surface area contributed by atoms with E-state index in [1.807, 2.05) is 14.1 Å². The summed E-state index contributed by atoms with van der Waals surface area (Å²) in [4.78, 5) is 15.1. The Hall–Kier alpha value is -1.09. The summed E-state index contributed by atoms with van der Waals surface area (Å²) in [6, 6.07) is 0. The maximum Gasteiger partial charge on any atom is 0.143 e. The average Bonchev–Trinajstić information content (AvgIpc) is 3.01. The molecule has 3 aliphatic rings. The molecular weight excluding hydrogens is 272 g/mol. The molecule has 0 amide bonds. The van der Waals surface area contributed by atoms with Crippen LogP contribution < -0.4 is 5.32 Å². The second-order valence-electron chi connectivity index (χ2n) is 7.45. The first-order valence-electron chi connectivity index (χ1n) is 8.99. The fourth-order valence-corrected chi connectivity index (χ4v) is 4.41. The Morgan fingerprint density at radius 1 is 1.27 bits per heavy atom. The van der Waals surface area contributed by atoms with Crippen molar-refractivity contribution in [2.24, 2.45) is 17.8 Å². The molecule has 0 aromatic rings. The lowest BCUT2D eigenvalue weighted by Gasteiger charge is -2.36. The fraction of sp³-hybridized carbons (Fsp3) is 0.737. The molecule has 2 aliphatic carbocycles. The first-order chi connectivity index (χ1) is 10.7. The molecule has 122 valence electrons. The first-order valence-corrected chi connectivity index (χ1v) is 8.99. The van der Waals surface area contributed by atoms with Gasteiger partial charge in [0.15, 0.2) is 0 Å². The van der Waals surface area contributed by atoms with E-state index < -0.39 is 0 Å². The van der Waals surface area contributed by atoms with E-state index in [1.54, 1.807) is 0 Å². The first kappa shape index (κ1) is 15.8. The Bertz CT molecular complexity index is 472. The third kappa shape index (κ3) is 3.29. The van der Waals surface area contributed by atoms with Crippen LogP contribution in [0.15, 0.2) is 23.4 Å². The molecule has 0 saturated heterocycles. The van der Waals surface area contributed by atoms with E-state index in [0.717, 1.165) is 19.5 Å². The zero-order valence-corrected chi connectivity index (χ0v) is 14.1. The largest absolute Gasteiger partial charge is 0.387 e. The summed E-state index contributed by atoms with van der Waals surface area (Å²) < 4.78 is 0. The van der Waals surface area contributed by atoms with Crippen molar-refractivity contribution >= 4 is 5.78 Å². The standard InChI is InChI=1S/C19H30N2O/c1-21(2)13-11-17(22)18-16(14-6-4-3-5-7-14)9-8-15-10-12-20-19(15)18/h8-9,14,16,18,20H,3-7,10-13H2,1-2H3. The van der Waals surface area contributed by atoms with Crippen molar-refractivity contribution in [1.82, 2.24) is 10.2 Å². The molecule has 0 radical (unpaired) electrons. The molecule has 3 heteroatoms. The van der Waals surface area contributed by atoms with Crippen LogP contribution in [0.25, 0.3) is 0 Å². The monoisotopic (exact) mass is 302 g/mol. The van der Waals surface area contributed by atoms with Crippen molar-refractivity contribution in [2.45, 2.75) is 44.9 Å². The van der Waals surface area contributed by atoms with Gasteiger partial charge in [0.1, 0.15) is 5.78 Å². The molecule has 1 saturated carbocycles. The van der Waals surface area contributed by atoms with Gasteiger partial charge in [-0.1, -0.05) is 31.4 Å². The van der Waals surface area contributed by atoms with Gasteiger partial charge in [-0.25, -0.2) is 0 Å². The SMILES string of the molecule is CN(C)CCC(=O)C1C2=C(C=CC1C1CCCCC1)CCN2. The van der Waals surface area contributed by atoms with Crippen LogP contribution in [0.3, 0.4) is 0 Å². The van der Waals surface area contributed by atoms with Crippen molar-refractivity contribution in [3.05, 3.63) is 23.4 Å². The highest BCUT2D eigenvalue weighted by Gasteiger charge is 2.39. The third-order valence-corrected chi connectivity index (χ3v) is 5.62. The van der Waals surface area contributed by atoms with Crippen LogP contribution in [0.4, 0.5) is 0 Å². The van der Waals surface area contributed by atoms with Crippen LogP contribution in [0.1, 0.15) is 44.9 Å². The molecule has 1 heterocycles. The van der Waals surface area contributed by atoms with Crippen LogP contribution in [0, 0.1) is 17.8 Å². The normalized spacial score (nSPS) is 28.9. The second kappa shape index (κ2) is 6.99. The van der Waals surface area contributed by atoms with E-state index in [2.05, 4.69) is 22.4 Å². The number of carbonyl (C=O) groups excluding carboxylic acids is 1. The van der Waals surface area contributed by atoms with Gasteiger partial charge in [-0.05, 0) is 50.8 Å². The number of nitrogens with zero attached hydrogens (tertiary/aromatic N) is 1. The van der Waals surface area contributed by atoms with Gasteiger partial charge in [-0.15, -0.1) is 0 Å². The second-order valence-corrected chi connectivity index (χ2v) is 7.45. The minimum atomic E-state index is 0.102. The molecule has 0 spiro atoms. The van der Waals surface area contributed by atoms with Crippen LogP contribution in [0.5, 0.6) is 0 Å². The quantitative estimate of drug-likeness (QED) is 0.847. The van der Waals surface area contributed by atoms with Crippen LogP contribution >= 0.6 is 0 Å². The van der Waals surface area contributed by atoms with Gasteiger partial charge in [-0.2, -0.15) is 0 Å². The van der Waals surface area contributed by atoms with Gasteiger partial charge in [0.2, 0.25) is 0 Å². The fourth-order valence-electron chi connectivity index (χ4n) is 4.41. The van der Waals surface area contributed by atoms with Crippen LogP contribution in [-0.2, 0) is 4.79 Å². The van der Waals surface area contributed by atoms with E-state index in [9.17, 15) is 4.79 Å². The summed E-state index contributed by atoms with van der Waals surface area (Å²) in [5.41, 5.74) is 2.65. The Kier molecular flexibility index (Phi) is 5.02. The van der Waals surface area contributed by atoms with Crippen molar-refractivity contribution in [2.75, 3.05) is 27.2 Å². The van der Waals surface area contributed by atoms with E-state index >= 15 is 0 Å². The smallest absolute Gasteiger partial charge is 0.143 e. The minimum absolute atomic E-state index is 0.102. The number of Topliss-reactive ketones (excluding diaryl/α,β-unsaturated/α-hetero) is 1. The van der Waals surface area contributed by atoms with Crippen molar-refractivity contribution in [3.8, 4) is 0 Å². The molecule has 2 atom stereocenters. The van der Waals surface area contributed by atoms with Crippen molar-refractivity contribution < 1.29 is 4.79 Å². The van der Waals surface area contributed by atoms with E-state index in [1.165, 1.54) is 43.4 Å². The Labute approximate surface area is 134 Å². The molecule has 0 bridgehead atoms. The van der Waals surface area contributed by atoms with E-state index in [4.69, 9.17) is 0 Å². The third-order valence-electron chi connectivity index (χ3n) is 5.62. The lowest BCUT2D eigenvalue weighted by Crippen LogP contribution is -2.37. The van der Waals surface area contributed by atoms with Gasteiger partial charge in [0.05, 0.1) is 5.92 Å². The maximum absolute atomic E-state index is 13.0. The lowest BCUT2D eigenvalue weighted by molar-refractivity contribution is -0.123. The molecule has 3 rings (SSSR count). The van der Waals surface area contributed by atoms with Gasteiger partial charge < -0.3 is 10.2 Å². The highest BCUT2D eigenvalue weighted by molar-refractivity contribution is 5.85. The van der Waals surface area contributed by atoms with Crippen LogP contribution in [0.2, 0.25) is 0 Å². The van der Waals surface area contributed by atoms with E-state index in [-0.39, 0.29) is 5.92 Å². The molecule has 0 aromatic heterocycles. The summed E-state index contributed by atoms with van der Waals surface area (Å²) >= 11 is 0. The minimum Gasteiger partial charge on any atom is -0.387 e. The average molecular weight is 302 g/mol. The summed E-state index contributed by atoms with van der Waals surface area (Å²) in [5.74, 6) is 1.68. The van der Waals surface area contributed by atoms with Crippen LogP contribution in [-0.4, -0.2) is 37.9 Å².